The average Bonchev–Trinajstić information content (AvgIpc) is 2.62. The lowest BCUT2D eigenvalue weighted by Crippen LogP contribution is -2.18. The van der Waals surface area contributed by atoms with E-state index in [0.29, 0.717) is 17.1 Å². The minimum Gasteiger partial charge on any atom is -0.505 e. The van der Waals surface area contributed by atoms with Crippen LogP contribution in [0.25, 0.3) is 0 Å². The summed E-state index contributed by atoms with van der Waals surface area (Å²) in [5.41, 5.74) is 3.48. The Kier molecular flexibility index (Phi) is 5.17. The van der Waals surface area contributed by atoms with Gasteiger partial charge in [0.2, 0.25) is 0 Å². The molecule has 0 amide bonds. The number of ether oxygens (including phenoxy) is 1. The first-order valence-electron chi connectivity index (χ1n) is 6.02. The average molecular weight is 278 g/mol. The van der Waals surface area contributed by atoms with Crippen LogP contribution in [0.2, 0.25) is 0 Å². The van der Waals surface area contributed by atoms with Gasteiger partial charge in [0, 0.05) is 5.69 Å². The van der Waals surface area contributed by atoms with Gasteiger partial charge in [-0.2, -0.15) is 5.10 Å². The van der Waals surface area contributed by atoms with Gasteiger partial charge in [-0.3, -0.25) is 0 Å². The monoisotopic (exact) mass is 278 g/mol. The number of nitrogens with zero attached hydrogens (tertiary/aromatic N) is 2. The van der Waals surface area contributed by atoms with Crippen LogP contribution in [-0.4, -0.2) is 28.0 Å². The molecule has 108 valence electrons. The van der Waals surface area contributed by atoms with Gasteiger partial charge in [0.1, 0.15) is 11.3 Å². The Morgan fingerprint density at radius 2 is 2.30 bits per heavy atom. The fraction of sp³-hybridized carbons (Fsp3) is 0.385. The largest absolute Gasteiger partial charge is 0.505 e. The van der Waals surface area contributed by atoms with Crippen LogP contribution in [0, 0.1) is 19.3 Å². The minimum absolute atomic E-state index is 0.0867. The van der Waals surface area contributed by atoms with Crippen molar-refractivity contribution in [2.45, 2.75) is 27.3 Å². The predicted molar refractivity (Wildman–Crippen MR) is 75.2 cm³/mol. The topological polar surface area (TPSA) is 102 Å². The molecule has 0 saturated carbocycles. The summed E-state index contributed by atoms with van der Waals surface area (Å²) < 4.78 is 6.54. The van der Waals surface area contributed by atoms with Crippen LogP contribution in [0.3, 0.4) is 0 Å². The highest BCUT2D eigenvalue weighted by atomic mass is 16.5. The Hall–Kier alpha value is -2.46. The van der Waals surface area contributed by atoms with Crippen molar-refractivity contribution < 1.29 is 14.6 Å². The number of rotatable bonds is 5. The zero-order valence-electron chi connectivity index (χ0n) is 11.7. The number of terminal acetylenes is 1. The molecule has 0 aliphatic rings. The second kappa shape index (κ2) is 6.63. The molecule has 1 heterocycles. The molecule has 0 unspecified atom stereocenters. The lowest BCUT2D eigenvalue weighted by Gasteiger charge is -2.07. The van der Waals surface area contributed by atoms with E-state index in [1.807, 2.05) is 0 Å². The molecule has 0 saturated heterocycles. The Labute approximate surface area is 117 Å². The molecular weight excluding hydrogens is 260 g/mol. The molecule has 0 aliphatic heterocycles. The third-order valence-corrected chi connectivity index (χ3v) is 2.80. The number of hydrogen-bond acceptors (Lipinski definition) is 6. The van der Waals surface area contributed by atoms with Gasteiger partial charge >= 0.3 is 5.97 Å². The second-order valence-electron chi connectivity index (χ2n) is 3.99. The van der Waals surface area contributed by atoms with E-state index < -0.39 is 5.97 Å². The molecule has 7 nitrogen and oxygen atoms in total. The number of hydrazine groups is 1. The van der Waals surface area contributed by atoms with Crippen molar-refractivity contribution in [1.82, 2.24) is 10.1 Å². The van der Waals surface area contributed by atoms with Gasteiger partial charge in [-0.25, -0.2) is 16.2 Å². The Morgan fingerprint density at radius 3 is 2.80 bits per heavy atom. The van der Waals surface area contributed by atoms with Crippen LogP contribution < -0.4 is 11.4 Å². The van der Waals surface area contributed by atoms with Crippen LogP contribution in [0.5, 0.6) is 5.75 Å². The summed E-state index contributed by atoms with van der Waals surface area (Å²) in [5.74, 6) is 6.78. The number of aromatic hydroxyl groups is 1. The first kappa shape index (κ1) is 15.6. The number of carbonyl (C=O) groups is 1. The first-order valence-corrected chi connectivity index (χ1v) is 6.02. The molecule has 0 bridgehead atoms. The summed E-state index contributed by atoms with van der Waals surface area (Å²) in [6, 6.07) is 0. The smallest absolute Gasteiger partial charge is 0.343 e. The molecule has 0 radical (unpaired) electrons. The summed E-state index contributed by atoms with van der Waals surface area (Å²) in [6.07, 6.45) is 5.32. The molecule has 0 spiro atoms. The van der Waals surface area contributed by atoms with Crippen LogP contribution in [-0.2, 0) is 11.3 Å². The normalized spacial score (nSPS) is 11.1. The van der Waals surface area contributed by atoms with Gasteiger partial charge in [-0.1, -0.05) is 5.92 Å². The highest BCUT2D eigenvalue weighted by Crippen LogP contribution is 2.30. The molecule has 20 heavy (non-hydrogen) atoms. The minimum atomic E-state index is -0.604. The Morgan fingerprint density at radius 1 is 1.65 bits per heavy atom. The van der Waals surface area contributed by atoms with Crippen molar-refractivity contribution in [3.63, 3.8) is 0 Å². The SMILES string of the molecule is C#CCn1c(C)c(C(=O)OCC)c(O)c1/C(C)=N/NN. The van der Waals surface area contributed by atoms with E-state index in [1.165, 1.54) is 0 Å². The van der Waals surface area contributed by atoms with Crippen LogP contribution in [0.15, 0.2) is 5.10 Å². The number of aromatic nitrogens is 1. The van der Waals surface area contributed by atoms with Crippen molar-refractivity contribution in [2.24, 2.45) is 10.9 Å². The van der Waals surface area contributed by atoms with E-state index >= 15 is 0 Å². The Balaban J connectivity index is 3.51. The summed E-state index contributed by atoms with van der Waals surface area (Å²) in [5, 5.41) is 14.1. The Bertz CT molecular complexity index is 581. The number of nitrogens with one attached hydrogen (secondary N) is 1. The van der Waals surface area contributed by atoms with E-state index in [4.69, 9.17) is 17.0 Å². The number of carbonyl (C=O) groups excluding carboxylic acids is 1. The fourth-order valence-corrected chi connectivity index (χ4v) is 1.97. The summed E-state index contributed by atoms with van der Waals surface area (Å²) in [7, 11) is 0. The zero-order chi connectivity index (χ0) is 15.3. The van der Waals surface area contributed by atoms with Crippen LogP contribution in [0.4, 0.5) is 0 Å². The van der Waals surface area contributed by atoms with Crippen molar-refractivity contribution in [3.05, 3.63) is 17.0 Å². The summed E-state index contributed by atoms with van der Waals surface area (Å²) >= 11 is 0. The molecule has 0 aliphatic carbocycles. The van der Waals surface area contributed by atoms with Crippen molar-refractivity contribution >= 4 is 11.7 Å². The standard InChI is InChI=1S/C13H18N4O3/c1-5-7-17-9(4)10(13(19)20-6-2)12(18)11(17)8(3)15-16-14/h1,16,18H,6-7,14H2,2-4H3/b15-8+. The van der Waals surface area contributed by atoms with Crippen LogP contribution in [0.1, 0.15) is 35.6 Å². The number of esters is 1. The molecule has 0 aromatic carbocycles. The van der Waals surface area contributed by atoms with Gasteiger partial charge < -0.3 is 14.4 Å². The molecule has 4 N–H and O–H groups in total. The maximum Gasteiger partial charge on any atom is 0.343 e. The maximum atomic E-state index is 11.9. The van der Waals surface area contributed by atoms with Crippen LogP contribution >= 0.6 is 0 Å². The van der Waals surface area contributed by atoms with Crippen molar-refractivity contribution in [3.8, 4) is 18.1 Å². The molecular formula is C13H18N4O3. The molecule has 1 aromatic heterocycles. The summed E-state index contributed by atoms with van der Waals surface area (Å²) in [4.78, 5) is 11.9. The lowest BCUT2D eigenvalue weighted by molar-refractivity contribution is 0.0522. The molecule has 0 atom stereocenters. The molecule has 0 fully saturated rings. The van der Waals surface area contributed by atoms with E-state index in [0.717, 1.165) is 0 Å². The lowest BCUT2D eigenvalue weighted by atomic mass is 10.2. The van der Waals surface area contributed by atoms with Gasteiger partial charge in [0.05, 0.1) is 18.9 Å². The predicted octanol–water partition coefficient (Wildman–Crippen LogP) is 0.499. The zero-order valence-corrected chi connectivity index (χ0v) is 11.7. The summed E-state index contributed by atoms with van der Waals surface area (Å²) in [6.45, 7) is 5.40. The van der Waals surface area contributed by atoms with E-state index in [-0.39, 0.29) is 24.5 Å². The quantitative estimate of drug-likeness (QED) is 0.239. The third-order valence-electron chi connectivity index (χ3n) is 2.80. The van der Waals surface area contributed by atoms with Gasteiger partial charge in [0.15, 0.2) is 5.75 Å². The number of hydrazone groups is 1. The highest BCUT2D eigenvalue weighted by molar-refractivity contribution is 6.05. The van der Waals surface area contributed by atoms with Crippen molar-refractivity contribution in [2.75, 3.05) is 6.61 Å². The van der Waals surface area contributed by atoms with Gasteiger partial charge in [0.25, 0.3) is 0 Å². The van der Waals surface area contributed by atoms with Gasteiger partial charge in [-0.05, 0) is 20.8 Å². The molecule has 7 heteroatoms. The first-order chi connectivity index (χ1) is 9.49. The van der Waals surface area contributed by atoms with E-state index in [9.17, 15) is 9.90 Å². The van der Waals surface area contributed by atoms with Gasteiger partial charge in [-0.15, -0.1) is 6.42 Å². The van der Waals surface area contributed by atoms with Crippen molar-refractivity contribution in [1.29, 1.82) is 0 Å². The van der Waals surface area contributed by atoms with E-state index in [2.05, 4.69) is 16.6 Å². The van der Waals surface area contributed by atoms with E-state index in [1.54, 1.807) is 25.3 Å². The highest BCUT2D eigenvalue weighted by Gasteiger charge is 2.27. The molecule has 1 rings (SSSR count). The number of hydrogen-bond donors (Lipinski definition) is 3. The molecule has 1 aromatic rings. The second-order valence-corrected chi connectivity index (χ2v) is 3.99. The maximum absolute atomic E-state index is 11.9. The fourth-order valence-electron chi connectivity index (χ4n) is 1.97. The number of nitrogens with two attached hydrogens (primary N) is 1. The third kappa shape index (κ3) is 2.75.